The molecule has 0 heterocycles. The fourth-order valence-electron chi connectivity index (χ4n) is 0.976. The van der Waals surface area contributed by atoms with Crippen molar-refractivity contribution in [3.05, 3.63) is 29.8 Å². The van der Waals surface area contributed by atoms with Crippen LogP contribution in [-0.4, -0.2) is 6.61 Å². The molecule has 0 radical (unpaired) electrons. The molecule has 1 aromatic rings. The minimum Gasteiger partial charge on any atom is -0.494 e. The van der Waals surface area contributed by atoms with Crippen molar-refractivity contribution in [3.63, 3.8) is 0 Å². The fourth-order valence-corrected chi connectivity index (χ4v) is 0.976. The van der Waals surface area contributed by atoms with Crippen LogP contribution in [0.15, 0.2) is 24.3 Å². The van der Waals surface area contributed by atoms with E-state index >= 15 is 0 Å². The van der Waals surface area contributed by atoms with Crippen molar-refractivity contribution in [2.75, 3.05) is 6.61 Å². The monoisotopic (exact) mass is 175 g/mol. The lowest BCUT2D eigenvalue weighted by Gasteiger charge is -2.04. The molecule has 68 valence electrons. The Morgan fingerprint density at radius 2 is 2.00 bits per heavy atom. The number of nitrogens with zero attached hydrogens (tertiary/aromatic N) is 1. The average molecular weight is 175 g/mol. The van der Waals surface area contributed by atoms with E-state index in [-0.39, 0.29) is 0 Å². The molecule has 1 aromatic carbocycles. The Labute approximate surface area is 78.8 Å². The first-order chi connectivity index (χ1) is 6.33. The molecule has 0 atom stereocenters. The number of benzene rings is 1. The van der Waals surface area contributed by atoms with Crippen molar-refractivity contribution in [2.45, 2.75) is 19.8 Å². The highest BCUT2D eigenvalue weighted by Gasteiger charge is 1.92. The second-order valence-corrected chi connectivity index (χ2v) is 2.92. The summed E-state index contributed by atoms with van der Waals surface area (Å²) in [6.07, 6.45) is 1.36. The Morgan fingerprint density at radius 1 is 1.31 bits per heavy atom. The SMILES string of the molecule is Cc1ccc(OCCCC#N)cc1. The molecule has 0 bridgehead atoms. The van der Waals surface area contributed by atoms with E-state index in [1.54, 1.807) is 0 Å². The van der Waals surface area contributed by atoms with Gasteiger partial charge in [-0.15, -0.1) is 0 Å². The van der Waals surface area contributed by atoms with E-state index in [1.807, 2.05) is 31.2 Å². The first-order valence-electron chi connectivity index (χ1n) is 4.39. The van der Waals surface area contributed by atoms with Crippen molar-refractivity contribution in [2.24, 2.45) is 0 Å². The zero-order valence-electron chi connectivity index (χ0n) is 7.79. The fraction of sp³-hybridized carbons (Fsp3) is 0.364. The normalized spacial score (nSPS) is 9.23. The Morgan fingerprint density at radius 3 is 2.62 bits per heavy atom. The number of rotatable bonds is 4. The van der Waals surface area contributed by atoms with E-state index in [1.165, 1.54) is 5.56 Å². The summed E-state index contributed by atoms with van der Waals surface area (Å²) in [6, 6.07) is 10.0. The summed E-state index contributed by atoms with van der Waals surface area (Å²) in [5.74, 6) is 0.878. The predicted octanol–water partition coefficient (Wildman–Crippen LogP) is 2.68. The lowest BCUT2D eigenvalue weighted by molar-refractivity contribution is 0.312. The van der Waals surface area contributed by atoms with E-state index in [2.05, 4.69) is 6.07 Å². The first kappa shape index (κ1) is 9.60. The quantitative estimate of drug-likeness (QED) is 0.659. The molecule has 0 spiro atoms. The molecule has 0 saturated carbocycles. The summed E-state index contributed by atoms with van der Waals surface area (Å²) in [5.41, 5.74) is 1.23. The van der Waals surface area contributed by atoms with Gasteiger partial charge in [0.25, 0.3) is 0 Å². The summed E-state index contributed by atoms with van der Waals surface area (Å²) in [6.45, 7) is 2.66. The van der Waals surface area contributed by atoms with Gasteiger partial charge < -0.3 is 4.74 Å². The molecule has 0 aliphatic heterocycles. The van der Waals surface area contributed by atoms with Gasteiger partial charge in [-0.3, -0.25) is 0 Å². The molecule has 0 amide bonds. The standard InChI is InChI=1S/C11H13NO/c1-10-4-6-11(7-5-10)13-9-3-2-8-12/h4-7H,2-3,9H2,1H3. The van der Waals surface area contributed by atoms with E-state index in [0.717, 1.165) is 12.2 Å². The van der Waals surface area contributed by atoms with Crippen LogP contribution in [0.2, 0.25) is 0 Å². The summed E-state index contributed by atoms with van der Waals surface area (Å²) < 4.78 is 5.41. The average Bonchev–Trinajstić information content (AvgIpc) is 2.15. The summed E-state index contributed by atoms with van der Waals surface area (Å²) in [5, 5.41) is 8.29. The third-order valence-electron chi connectivity index (χ3n) is 1.72. The molecule has 13 heavy (non-hydrogen) atoms. The van der Waals surface area contributed by atoms with Crippen LogP contribution in [0, 0.1) is 18.3 Å². The molecule has 2 nitrogen and oxygen atoms in total. The van der Waals surface area contributed by atoms with Gasteiger partial charge in [-0.2, -0.15) is 5.26 Å². The van der Waals surface area contributed by atoms with Crippen LogP contribution in [0.4, 0.5) is 0 Å². The summed E-state index contributed by atoms with van der Waals surface area (Å²) in [4.78, 5) is 0. The molecular formula is C11H13NO. The number of hydrogen-bond acceptors (Lipinski definition) is 2. The van der Waals surface area contributed by atoms with Crippen LogP contribution in [0.25, 0.3) is 0 Å². The van der Waals surface area contributed by atoms with Gasteiger partial charge in [-0.25, -0.2) is 0 Å². The van der Waals surface area contributed by atoms with Crippen LogP contribution >= 0.6 is 0 Å². The molecule has 2 heteroatoms. The second-order valence-electron chi connectivity index (χ2n) is 2.92. The molecule has 0 fully saturated rings. The third-order valence-corrected chi connectivity index (χ3v) is 1.72. The number of unbranched alkanes of at least 4 members (excludes halogenated alkanes) is 1. The van der Waals surface area contributed by atoms with E-state index in [4.69, 9.17) is 10.00 Å². The molecule has 0 unspecified atom stereocenters. The van der Waals surface area contributed by atoms with Crippen LogP contribution < -0.4 is 4.74 Å². The Balaban J connectivity index is 2.30. The van der Waals surface area contributed by atoms with Crippen molar-refractivity contribution in [1.29, 1.82) is 5.26 Å². The molecular weight excluding hydrogens is 162 g/mol. The summed E-state index contributed by atoms with van der Waals surface area (Å²) in [7, 11) is 0. The maximum absolute atomic E-state index is 8.29. The highest BCUT2D eigenvalue weighted by Crippen LogP contribution is 2.11. The van der Waals surface area contributed by atoms with Gasteiger partial charge in [0, 0.05) is 6.42 Å². The number of nitriles is 1. The number of ether oxygens (including phenoxy) is 1. The topological polar surface area (TPSA) is 33.0 Å². The first-order valence-corrected chi connectivity index (χ1v) is 4.39. The Kier molecular flexibility index (Phi) is 3.84. The molecule has 0 saturated heterocycles. The highest BCUT2D eigenvalue weighted by atomic mass is 16.5. The largest absolute Gasteiger partial charge is 0.494 e. The molecule has 0 aliphatic carbocycles. The summed E-state index contributed by atoms with van der Waals surface area (Å²) >= 11 is 0. The van der Waals surface area contributed by atoms with E-state index in [9.17, 15) is 0 Å². The lowest BCUT2D eigenvalue weighted by atomic mass is 10.2. The lowest BCUT2D eigenvalue weighted by Crippen LogP contribution is -1.96. The number of aryl methyl sites for hydroxylation is 1. The molecule has 1 rings (SSSR count). The highest BCUT2D eigenvalue weighted by molar-refractivity contribution is 5.26. The van der Waals surface area contributed by atoms with Gasteiger partial charge in [-0.1, -0.05) is 17.7 Å². The van der Waals surface area contributed by atoms with E-state index < -0.39 is 0 Å². The minimum atomic E-state index is 0.561. The zero-order valence-corrected chi connectivity index (χ0v) is 7.79. The van der Waals surface area contributed by atoms with Crippen molar-refractivity contribution in [3.8, 4) is 11.8 Å². The van der Waals surface area contributed by atoms with Gasteiger partial charge >= 0.3 is 0 Å². The third kappa shape index (κ3) is 3.62. The second kappa shape index (κ2) is 5.21. The molecule has 0 N–H and O–H groups in total. The van der Waals surface area contributed by atoms with Crippen LogP contribution in [0.3, 0.4) is 0 Å². The van der Waals surface area contributed by atoms with Crippen LogP contribution in [0.5, 0.6) is 5.75 Å². The predicted molar refractivity (Wildman–Crippen MR) is 51.5 cm³/mol. The Hall–Kier alpha value is -1.49. The van der Waals surface area contributed by atoms with Gasteiger partial charge in [0.15, 0.2) is 0 Å². The number of hydrogen-bond donors (Lipinski definition) is 0. The van der Waals surface area contributed by atoms with Crippen LogP contribution in [0.1, 0.15) is 18.4 Å². The maximum atomic E-state index is 8.29. The van der Waals surface area contributed by atoms with Crippen molar-refractivity contribution < 1.29 is 4.74 Å². The smallest absolute Gasteiger partial charge is 0.119 e. The Bertz CT molecular complexity index is 284. The van der Waals surface area contributed by atoms with Crippen LogP contribution in [-0.2, 0) is 0 Å². The molecule has 0 aromatic heterocycles. The minimum absolute atomic E-state index is 0.561. The van der Waals surface area contributed by atoms with Gasteiger partial charge in [0.2, 0.25) is 0 Å². The van der Waals surface area contributed by atoms with Crippen molar-refractivity contribution in [1.82, 2.24) is 0 Å². The van der Waals surface area contributed by atoms with Crippen molar-refractivity contribution >= 4 is 0 Å². The zero-order chi connectivity index (χ0) is 9.52. The van der Waals surface area contributed by atoms with Gasteiger partial charge in [0.05, 0.1) is 12.7 Å². The van der Waals surface area contributed by atoms with E-state index in [0.29, 0.717) is 13.0 Å². The van der Waals surface area contributed by atoms with Gasteiger partial charge in [0.1, 0.15) is 5.75 Å². The maximum Gasteiger partial charge on any atom is 0.119 e. The molecule has 0 aliphatic rings. The van der Waals surface area contributed by atoms with Gasteiger partial charge in [-0.05, 0) is 25.5 Å².